The van der Waals surface area contributed by atoms with Crippen molar-refractivity contribution in [2.75, 3.05) is 13.1 Å². The molecule has 19 heavy (non-hydrogen) atoms. The Morgan fingerprint density at radius 2 is 1.84 bits per heavy atom. The second kappa shape index (κ2) is 4.36. The van der Waals surface area contributed by atoms with Crippen LogP contribution in [0.25, 0.3) is 0 Å². The highest BCUT2D eigenvalue weighted by Gasteiger charge is 2.53. The molecular weight excluding hydrogens is 234 g/mol. The van der Waals surface area contributed by atoms with E-state index in [0.29, 0.717) is 29.1 Å². The Hall–Kier alpha value is -0.790. The molecule has 1 aliphatic heterocycles. The molecule has 4 atom stereocenters. The summed E-state index contributed by atoms with van der Waals surface area (Å²) in [6.45, 7) is 11.1. The standard InChI is InChI=1S/C17H27NO/c1-11-7-12(2)10-18(9-11)16(19)14-6-5-13-8-15(14)17(13,3)4/h6,11-13,15H,5,7-10H2,1-4H3. The SMILES string of the molecule is CC1CC(C)CN(C(=O)C2=CCC3CC2C3(C)C)C1. The van der Waals surface area contributed by atoms with Crippen LogP contribution in [-0.2, 0) is 4.79 Å². The van der Waals surface area contributed by atoms with E-state index in [4.69, 9.17) is 0 Å². The number of allylic oxidation sites excluding steroid dienone is 1. The summed E-state index contributed by atoms with van der Waals surface area (Å²) in [5.74, 6) is 2.98. The van der Waals surface area contributed by atoms with Crippen LogP contribution in [0.5, 0.6) is 0 Å². The zero-order chi connectivity index (χ0) is 13.8. The van der Waals surface area contributed by atoms with Gasteiger partial charge in [0.25, 0.3) is 0 Å². The van der Waals surface area contributed by atoms with E-state index in [1.165, 1.54) is 12.8 Å². The van der Waals surface area contributed by atoms with Crippen LogP contribution >= 0.6 is 0 Å². The number of piperidine rings is 1. The van der Waals surface area contributed by atoms with E-state index in [9.17, 15) is 4.79 Å². The van der Waals surface area contributed by atoms with Crippen LogP contribution < -0.4 is 0 Å². The first kappa shape index (κ1) is 13.2. The molecule has 2 heteroatoms. The second-order valence-corrected chi connectivity index (χ2v) is 7.86. The lowest BCUT2D eigenvalue weighted by Crippen LogP contribution is -2.52. The van der Waals surface area contributed by atoms with Crippen molar-refractivity contribution in [3.05, 3.63) is 11.6 Å². The van der Waals surface area contributed by atoms with Crippen LogP contribution in [0.15, 0.2) is 11.6 Å². The molecule has 1 saturated carbocycles. The predicted molar refractivity (Wildman–Crippen MR) is 77.6 cm³/mol. The lowest BCUT2D eigenvalue weighted by molar-refractivity contribution is -0.133. The Morgan fingerprint density at radius 3 is 2.37 bits per heavy atom. The Morgan fingerprint density at radius 1 is 1.21 bits per heavy atom. The average Bonchev–Trinajstić information content (AvgIpc) is 2.36. The quantitative estimate of drug-likeness (QED) is 0.707. The summed E-state index contributed by atoms with van der Waals surface area (Å²) < 4.78 is 0. The Kier molecular flexibility index (Phi) is 3.03. The molecule has 1 amide bonds. The molecule has 4 aliphatic rings. The van der Waals surface area contributed by atoms with E-state index in [0.717, 1.165) is 31.0 Å². The van der Waals surface area contributed by atoms with Crippen molar-refractivity contribution in [2.24, 2.45) is 29.1 Å². The molecule has 2 fully saturated rings. The summed E-state index contributed by atoms with van der Waals surface area (Å²) in [4.78, 5) is 14.9. The molecule has 0 aromatic carbocycles. The maximum absolute atomic E-state index is 12.8. The van der Waals surface area contributed by atoms with Crippen molar-refractivity contribution in [2.45, 2.75) is 47.0 Å². The average molecular weight is 261 g/mol. The van der Waals surface area contributed by atoms with E-state index in [1.54, 1.807) is 0 Å². The van der Waals surface area contributed by atoms with Gasteiger partial charge in [0.2, 0.25) is 5.91 Å². The summed E-state index contributed by atoms with van der Waals surface area (Å²) >= 11 is 0. The van der Waals surface area contributed by atoms with Gasteiger partial charge in [-0.05, 0) is 48.3 Å². The molecule has 1 heterocycles. The van der Waals surface area contributed by atoms with Gasteiger partial charge in [0.05, 0.1) is 0 Å². The van der Waals surface area contributed by atoms with Crippen molar-refractivity contribution in [3.8, 4) is 0 Å². The summed E-state index contributed by atoms with van der Waals surface area (Å²) in [5, 5.41) is 0. The smallest absolute Gasteiger partial charge is 0.249 e. The molecule has 3 aliphatic carbocycles. The molecule has 1 saturated heterocycles. The second-order valence-electron chi connectivity index (χ2n) is 7.86. The molecule has 0 radical (unpaired) electrons. The summed E-state index contributed by atoms with van der Waals surface area (Å²) in [6.07, 6.45) is 5.86. The van der Waals surface area contributed by atoms with Gasteiger partial charge in [-0.3, -0.25) is 4.79 Å². The maximum Gasteiger partial charge on any atom is 0.249 e. The third-order valence-electron chi connectivity index (χ3n) is 5.87. The zero-order valence-electron chi connectivity index (χ0n) is 12.8. The van der Waals surface area contributed by atoms with E-state index in [2.05, 4.69) is 38.7 Å². The van der Waals surface area contributed by atoms with Gasteiger partial charge >= 0.3 is 0 Å². The summed E-state index contributed by atoms with van der Waals surface area (Å²) in [5.41, 5.74) is 1.49. The molecule has 4 unspecified atom stereocenters. The molecule has 4 rings (SSSR count). The largest absolute Gasteiger partial charge is 0.338 e. The molecule has 0 aromatic heterocycles. The minimum absolute atomic E-state index is 0.342. The van der Waals surface area contributed by atoms with Gasteiger partial charge in [0.15, 0.2) is 0 Å². The Bertz CT molecular complexity index is 413. The predicted octanol–water partition coefficient (Wildman–Crippen LogP) is 3.48. The molecule has 0 aromatic rings. The Labute approximate surface area is 117 Å². The molecule has 106 valence electrons. The van der Waals surface area contributed by atoms with Crippen molar-refractivity contribution in [1.82, 2.24) is 4.90 Å². The van der Waals surface area contributed by atoms with Crippen molar-refractivity contribution >= 4 is 5.91 Å². The van der Waals surface area contributed by atoms with Gasteiger partial charge in [-0.1, -0.05) is 33.8 Å². The monoisotopic (exact) mass is 261 g/mol. The minimum atomic E-state index is 0.342. The molecular formula is C17H27NO. The first-order valence-electron chi connectivity index (χ1n) is 7.89. The van der Waals surface area contributed by atoms with Gasteiger partial charge in [0.1, 0.15) is 0 Å². The topological polar surface area (TPSA) is 20.3 Å². The van der Waals surface area contributed by atoms with Crippen molar-refractivity contribution in [3.63, 3.8) is 0 Å². The number of hydrogen-bond donors (Lipinski definition) is 0. The van der Waals surface area contributed by atoms with E-state index < -0.39 is 0 Å². The van der Waals surface area contributed by atoms with E-state index in [-0.39, 0.29) is 0 Å². The number of nitrogens with zero attached hydrogens (tertiary/aromatic N) is 1. The van der Waals surface area contributed by atoms with Crippen molar-refractivity contribution in [1.29, 1.82) is 0 Å². The van der Waals surface area contributed by atoms with Gasteiger partial charge in [0, 0.05) is 18.7 Å². The van der Waals surface area contributed by atoms with E-state index >= 15 is 0 Å². The molecule has 2 nitrogen and oxygen atoms in total. The number of amides is 1. The van der Waals surface area contributed by atoms with Gasteiger partial charge < -0.3 is 4.90 Å². The maximum atomic E-state index is 12.8. The number of hydrogen-bond acceptors (Lipinski definition) is 1. The van der Waals surface area contributed by atoms with Crippen LogP contribution in [0, 0.1) is 29.1 Å². The van der Waals surface area contributed by atoms with Crippen molar-refractivity contribution < 1.29 is 4.79 Å². The minimum Gasteiger partial charge on any atom is -0.338 e. The normalized spacial score (nSPS) is 40.4. The molecule has 2 bridgehead atoms. The number of carbonyl (C=O) groups excluding carboxylic acids is 1. The van der Waals surface area contributed by atoms with Gasteiger partial charge in [-0.15, -0.1) is 0 Å². The highest BCUT2D eigenvalue weighted by molar-refractivity contribution is 5.94. The molecule has 0 spiro atoms. The summed E-state index contributed by atoms with van der Waals surface area (Å²) in [7, 11) is 0. The lowest BCUT2D eigenvalue weighted by atomic mass is 9.48. The van der Waals surface area contributed by atoms with Crippen LogP contribution in [0.2, 0.25) is 0 Å². The molecule has 0 N–H and O–H groups in total. The number of fused-ring (bicyclic) bond motifs is 1. The fraction of sp³-hybridized carbons (Fsp3) is 0.824. The third kappa shape index (κ3) is 2.04. The summed E-state index contributed by atoms with van der Waals surface area (Å²) in [6, 6.07) is 0. The van der Waals surface area contributed by atoms with Crippen LogP contribution in [0.1, 0.15) is 47.0 Å². The van der Waals surface area contributed by atoms with Crippen LogP contribution in [-0.4, -0.2) is 23.9 Å². The fourth-order valence-corrected chi connectivity index (χ4v) is 4.60. The van der Waals surface area contributed by atoms with Crippen LogP contribution in [0.3, 0.4) is 0 Å². The first-order chi connectivity index (χ1) is 8.89. The number of carbonyl (C=O) groups is 1. The number of likely N-dealkylation sites (tertiary alicyclic amines) is 1. The zero-order valence-corrected chi connectivity index (χ0v) is 12.8. The number of rotatable bonds is 1. The fourth-order valence-electron chi connectivity index (χ4n) is 4.60. The van der Waals surface area contributed by atoms with Crippen LogP contribution in [0.4, 0.5) is 0 Å². The third-order valence-corrected chi connectivity index (χ3v) is 5.87. The Balaban J connectivity index is 1.76. The lowest BCUT2D eigenvalue weighted by Gasteiger charge is -2.56. The van der Waals surface area contributed by atoms with Gasteiger partial charge in [-0.2, -0.15) is 0 Å². The van der Waals surface area contributed by atoms with Gasteiger partial charge in [-0.25, -0.2) is 0 Å². The highest BCUT2D eigenvalue weighted by atomic mass is 16.2. The van der Waals surface area contributed by atoms with E-state index in [1.807, 2.05) is 0 Å². The highest BCUT2D eigenvalue weighted by Crippen LogP contribution is 2.59. The first-order valence-corrected chi connectivity index (χ1v) is 7.89.